The Morgan fingerprint density at radius 2 is 1.60 bits per heavy atom. The van der Waals surface area contributed by atoms with Gasteiger partial charge in [0.2, 0.25) is 0 Å². The molecule has 0 aliphatic heterocycles. The summed E-state index contributed by atoms with van der Waals surface area (Å²) in [5.74, 6) is 0.710. The molecule has 1 aromatic rings. The predicted octanol–water partition coefficient (Wildman–Crippen LogP) is 1.61. The van der Waals surface area contributed by atoms with Crippen molar-refractivity contribution in [1.82, 2.24) is 0 Å². The Morgan fingerprint density at radius 3 is 2.00 bits per heavy atom. The van der Waals surface area contributed by atoms with Crippen molar-refractivity contribution >= 4 is 12.6 Å². The van der Waals surface area contributed by atoms with Gasteiger partial charge in [-0.2, -0.15) is 0 Å². The summed E-state index contributed by atoms with van der Waals surface area (Å²) >= 11 is 0. The van der Waals surface area contributed by atoms with E-state index in [4.69, 9.17) is 0 Å². The maximum Gasteiger partial charge on any atom is 0.488 e. The van der Waals surface area contributed by atoms with Gasteiger partial charge in [-0.1, -0.05) is 45.9 Å². The third-order valence-electron chi connectivity index (χ3n) is 2.65. The summed E-state index contributed by atoms with van der Waals surface area (Å²) < 4.78 is 0. The lowest BCUT2D eigenvalue weighted by Gasteiger charge is -2.19. The molecule has 2 nitrogen and oxygen atoms in total. The van der Waals surface area contributed by atoms with E-state index in [1.54, 1.807) is 6.07 Å². The van der Waals surface area contributed by atoms with Crippen molar-refractivity contribution in [2.24, 2.45) is 0 Å². The van der Waals surface area contributed by atoms with Gasteiger partial charge in [-0.25, -0.2) is 0 Å². The van der Waals surface area contributed by atoms with Crippen molar-refractivity contribution in [1.29, 1.82) is 0 Å². The summed E-state index contributed by atoms with van der Waals surface area (Å²) in [6.45, 7) is 8.39. The van der Waals surface area contributed by atoms with E-state index in [2.05, 4.69) is 33.8 Å². The molecular weight excluding hydrogens is 187 g/mol. The van der Waals surface area contributed by atoms with Gasteiger partial charge >= 0.3 is 7.12 Å². The van der Waals surface area contributed by atoms with Crippen molar-refractivity contribution < 1.29 is 10.0 Å². The van der Waals surface area contributed by atoms with Crippen molar-refractivity contribution in [2.45, 2.75) is 39.5 Å². The second-order valence-corrected chi connectivity index (χ2v) is 4.53. The zero-order valence-electron chi connectivity index (χ0n) is 9.86. The average molecular weight is 206 g/mol. The van der Waals surface area contributed by atoms with Crippen LogP contribution in [0.15, 0.2) is 18.2 Å². The molecular formula is C12H19BO2. The van der Waals surface area contributed by atoms with Crippen LogP contribution in [-0.2, 0) is 0 Å². The first-order valence-corrected chi connectivity index (χ1v) is 5.44. The van der Waals surface area contributed by atoms with E-state index in [0.717, 1.165) is 5.56 Å². The summed E-state index contributed by atoms with van der Waals surface area (Å²) in [5, 5.41) is 18.6. The van der Waals surface area contributed by atoms with Crippen molar-refractivity contribution in [3.05, 3.63) is 29.3 Å². The van der Waals surface area contributed by atoms with Gasteiger partial charge in [0.25, 0.3) is 0 Å². The third-order valence-corrected chi connectivity index (χ3v) is 2.65. The summed E-state index contributed by atoms with van der Waals surface area (Å²) in [6.07, 6.45) is 0. The van der Waals surface area contributed by atoms with E-state index < -0.39 is 7.12 Å². The third kappa shape index (κ3) is 2.61. The maximum atomic E-state index is 9.32. The number of rotatable bonds is 3. The van der Waals surface area contributed by atoms with Crippen LogP contribution in [0.4, 0.5) is 0 Å². The Hall–Kier alpha value is -0.795. The molecule has 0 bridgehead atoms. The van der Waals surface area contributed by atoms with Crippen LogP contribution in [0.25, 0.3) is 0 Å². The van der Waals surface area contributed by atoms with Crippen LogP contribution in [0, 0.1) is 0 Å². The quantitative estimate of drug-likeness (QED) is 0.737. The van der Waals surface area contributed by atoms with Crippen LogP contribution in [0.5, 0.6) is 0 Å². The molecule has 0 aliphatic rings. The van der Waals surface area contributed by atoms with Crippen LogP contribution in [-0.4, -0.2) is 17.2 Å². The molecule has 0 atom stereocenters. The van der Waals surface area contributed by atoms with Gasteiger partial charge < -0.3 is 10.0 Å². The highest BCUT2D eigenvalue weighted by atomic mass is 16.4. The predicted molar refractivity (Wildman–Crippen MR) is 64.4 cm³/mol. The van der Waals surface area contributed by atoms with Crippen molar-refractivity contribution in [3.8, 4) is 0 Å². The molecule has 0 saturated heterocycles. The van der Waals surface area contributed by atoms with Crippen LogP contribution >= 0.6 is 0 Å². The first kappa shape index (κ1) is 12.3. The largest absolute Gasteiger partial charge is 0.488 e. The minimum absolute atomic E-state index is 0.306. The minimum atomic E-state index is -1.37. The Labute approximate surface area is 92.1 Å². The average Bonchev–Trinajstić information content (AvgIpc) is 2.16. The number of hydrogen-bond acceptors (Lipinski definition) is 2. The molecule has 1 aromatic carbocycles. The first-order valence-electron chi connectivity index (χ1n) is 5.44. The molecule has 0 spiro atoms. The smallest absolute Gasteiger partial charge is 0.423 e. The lowest BCUT2D eigenvalue weighted by molar-refractivity contribution is 0.425. The lowest BCUT2D eigenvalue weighted by atomic mass is 9.71. The van der Waals surface area contributed by atoms with Gasteiger partial charge in [-0.15, -0.1) is 0 Å². The molecule has 0 radical (unpaired) electrons. The molecule has 2 N–H and O–H groups in total. The van der Waals surface area contributed by atoms with E-state index >= 15 is 0 Å². The fourth-order valence-corrected chi connectivity index (χ4v) is 2.00. The van der Waals surface area contributed by atoms with Gasteiger partial charge in [0, 0.05) is 0 Å². The summed E-state index contributed by atoms with van der Waals surface area (Å²) in [7, 11) is -1.37. The van der Waals surface area contributed by atoms with Crippen LogP contribution in [0.3, 0.4) is 0 Å². The zero-order valence-corrected chi connectivity index (χ0v) is 9.86. The van der Waals surface area contributed by atoms with Crippen LogP contribution in [0.2, 0.25) is 0 Å². The molecule has 0 fully saturated rings. The topological polar surface area (TPSA) is 40.5 Å². The Morgan fingerprint density at radius 1 is 1.00 bits per heavy atom. The van der Waals surface area contributed by atoms with Gasteiger partial charge in [-0.3, -0.25) is 0 Å². The highest BCUT2D eigenvalue weighted by Crippen LogP contribution is 2.24. The Bertz CT molecular complexity index is 306. The van der Waals surface area contributed by atoms with Gasteiger partial charge in [-0.05, 0) is 28.4 Å². The van der Waals surface area contributed by atoms with E-state index in [-0.39, 0.29) is 0 Å². The van der Waals surface area contributed by atoms with Crippen molar-refractivity contribution in [3.63, 3.8) is 0 Å². The molecule has 0 saturated carbocycles. The number of hydrogen-bond donors (Lipinski definition) is 2. The monoisotopic (exact) mass is 206 g/mol. The molecule has 0 aliphatic carbocycles. The molecule has 15 heavy (non-hydrogen) atoms. The molecule has 3 heteroatoms. The molecule has 82 valence electrons. The first-order chi connectivity index (χ1) is 6.95. The molecule has 0 unspecified atom stereocenters. The SMILES string of the molecule is CC(C)c1cccc(B(O)O)c1C(C)C. The van der Waals surface area contributed by atoms with Gasteiger partial charge in [0.15, 0.2) is 0 Å². The minimum Gasteiger partial charge on any atom is -0.423 e. The fraction of sp³-hybridized carbons (Fsp3) is 0.500. The maximum absolute atomic E-state index is 9.32. The highest BCUT2D eigenvalue weighted by Gasteiger charge is 2.21. The van der Waals surface area contributed by atoms with Crippen molar-refractivity contribution in [2.75, 3.05) is 0 Å². The number of benzene rings is 1. The summed E-state index contributed by atoms with van der Waals surface area (Å²) in [5.41, 5.74) is 2.91. The van der Waals surface area contributed by atoms with Gasteiger partial charge in [0.05, 0.1) is 0 Å². The normalized spacial score (nSPS) is 11.2. The van der Waals surface area contributed by atoms with Crippen LogP contribution < -0.4 is 5.46 Å². The second-order valence-electron chi connectivity index (χ2n) is 4.53. The molecule has 1 rings (SSSR count). The van der Waals surface area contributed by atoms with Gasteiger partial charge in [0.1, 0.15) is 0 Å². The molecule has 0 aromatic heterocycles. The van der Waals surface area contributed by atoms with Crippen LogP contribution in [0.1, 0.15) is 50.7 Å². The standard InChI is InChI=1S/C12H19BO2/c1-8(2)10-6-5-7-11(13(14)15)12(10)9(3)4/h5-9,14-15H,1-4H3. The fourth-order valence-electron chi connectivity index (χ4n) is 2.00. The molecule has 0 heterocycles. The zero-order chi connectivity index (χ0) is 11.6. The summed E-state index contributed by atoms with van der Waals surface area (Å²) in [4.78, 5) is 0. The van der Waals surface area contributed by atoms with E-state index in [1.807, 2.05) is 6.07 Å². The second kappa shape index (κ2) is 4.82. The Kier molecular flexibility index (Phi) is 3.94. The molecule has 0 amide bonds. The van der Waals surface area contributed by atoms with E-state index in [9.17, 15) is 10.0 Å². The Balaban J connectivity index is 3.35. The lowest BCUT2D eigenvalue weighted by Crippen LogP contribution is -2.34. The summed E-state index contributed by atoms with van der Waals surface area (Å²) in [6, 6.07) is 5.73. The van der Waals surface area contributed by atoms with E-state index in [1.165, 1.54) is 5.56 Å². The van der Waals surface area contributed by atoms with E-state index in [0.29, 0.717) is 17.3 Å². The highest BCUT2D eigenvalue weighted by molar-refractivity contribution is 6.59.